The van der Waals surface area contributed by atoms with E-state index in [2.05, 4.69) is 19.8 Å². The molecule has 2 bridgehead atoms. The SMILES string of the molecule is ClCc1cnc(C2CN3CCN2CC3)nc1. The van der Waals surface area contributed by atoms with E-state index in [9.17, 15) is 0 Å². The first-order valence-electron chi connectivity index (χ1n) is 5.70. The molecule has 16 heavy (non-hydrogen) atoms. The maximum atomic E-state index is 5.73. The van der Waals surface area contributed by atoms with Crippen LogP contribution in [0, 0.1) is 0 Å². The summed E-state index contributed by atoms with van der Waals surface area (Å²) in [4.78, 5) is 13.8. The average molecular weight is 239 g/mol. The van der Waals surface area contributed by atoms with Crippen LogP contribution in [0.25, 0.3) is 0 Å². The Bertz CT molecular complexity index is 359. The monoisotopic (exact) mass is 238 g/mol. The number of hydrogen-bond acceptors (Lipinski definition) is 4. The Labute approximate surface area is 100 Å². The molecular weight excluding hydrogens is 224 g/mol. The van der Waals surface area contributed by atoms with Gasteiger partial charge in [-0.15, -0.1) is 11.6 Å². The molecular formula is C11H15ClN4. The number of aromatic nitrogens is 2. The first kappa shape index (κ1) is 10.4. The molecule has 1 aromatic heterocycles. The Morgan fingerprint density at radius 3 is 2.38 bits per heavy atom. The van der Waals surface area contributed by atoms with Gasteiger partial charge in [0, 0.05) is 50.7 Å². The molecule has 3 fully saturated rings. The molecule has 86 valence electrons. The Hall–Kier alpha value is -0.710. The lowest BCUT2D eigenvalue weighted by Crippen LogP contribution is -2.57. The Morgan fingerprint density at radius 2 is 1.88 bits per heavy atom. The number of piperazine rings is 3. The van der Waals surface area contributed by atoms with Gasteiger partial charge in [-0.05, 0) is 0 Å². The zero-order chi connectivity index (χ0) is 11.0. The lowest BCUT2D eigenvalue weighted by Gasteiger charge is -2.46. The molecule has 0 radical (unpaired) electrons. The number of hydrogen-bond donors (Lipinski definition) is 0. The van der Waals surface area contributed by atoms with Crippen molar-refractivity contribution < 1.29 is 0 Å². The van der Waals surface area contributed by atoms with Crippen molar-refractivity contribution in [2.75, 3.05) is 32.7 Å². The molecule has 0 aliphatic carbocycles. The van der Waals surface area contributed by atoms with Crippen molar-refractivity contribution in [2.24, 2.45) is 0 Å². The van der Waals surface area contributed by atoms with Crippen LogP contribution in [0.1, 0.15) is 17.4 Å². The lowest BCUT2D eigenvalue weighted by atomic mass is 10.1. The van der Waals surface area contributed by atoms with Crippen LogP contribution in [0.3, 0.4) is 0 Å². The zero-order valence-electron chi connectivity index (χ0n) is 9.14. The summed E-state index contributed by atoms with van der Waals surface area (Å²) < 4.78 is 0. The van der Waals surface area contributed by atoms with Crippen molar-refractivity contribution in [3.8, 4) is 0 Å². The van der Waals surface area contributed by atoms with E-state index in [0.29, 0.717) is 11.9 Å². The standard InChI is InChI=1S/C11H15ClN4/c12-5-9-6-13-11(14-7-9)10-8-15-1-3-16(10)4-2-15/h6-7,10H,1-5,8H2. The molecule has 0 amide bonds. The van der Waals surface area contributed by atoms with Crippen LogP contribution in [0.5, 0.6) is 0 Å². The van der Waals surface area contributed by atoms with Gasteiger partial charge in [-0.1, -0.05) is 0 Å². The topological polar surface area (TPSA) is 32.3 Å². The molecule has 4 nitrogen and oxygen atoms in total. The minimum absolute atomic E-state index is 0.381. The number of rotatable bonds is 2. The molecule has 3 aliphatic heterocycles. The van der Waals surface area contributed by atoms with Crippen LogP contribution in [0.4, 0.5) is 0 Å². The van der Waals surface area contributed by atoms with E-state index >= 15 is 0 Å². The summed E-state index contributed by atoms with van der Waals surface area (Å²) >= 11 is 5.73. The van der Waals surface area contributed by atoms with Crippen LogP contribution < -0.4 is 0 Å². The van der Waals surface area contributed by atoms with E-state index in [1.807, 2.05) is 12.4 Å². The molecule has 1 atom stereocenters. The van der Waals surface area contributed by atoms with Gasteiger partial charge in [0.2, 0.25) is 0 Å². The number of alkyl halides is 1. The van der Waals surface area contributed by atoms with Crippen molar-refractivity contribution in [1.82, 2.24) is 19.8 Å². The highest BCUT2D eigenvalue weighted by atomic mass is 35.5. The highest BCUT2D eigenvalue weighted by Gasteiger charge is 2.34. The molecule has 3 aliphatic rings. The highest BCUT2D eigenvalue weighted by molar-refractivity contribution is 6.17. The normalized spacial score (nSPS) is 32.9. The maximum Gasteiger partial charge on any atom is 0.146 e. The minimum Gasteiger partial charge on any atom is -0.299 e. The summed E-state index contributed by atoms with van der Waals surface area (Å²) in [5, 5.41) is 0. The fraction of sp³-hybridized carbons (Fsp3) is 0.636. The third kappa shape index (κ3) is 1.81. The predicted octanol–water partition coefficient (Wildman–Crippen LogP) is 0.888. The van der Waals surface area contributed by atoms with E-state index in [1.165, 1.54) is 13.1 Å². The first-order valence-corrected chi connectivity index (χ1v) is 6.23. The Kier molecular flexibility index (Phi) is 2.79. The van der Waals surface area contributed by atoms with E-state index in [0.717, 1.165) is 31.0 Å². The maximum absolute atomic E-state index is 5.73. The number of nitrogens with zero attached hydrogens (tertiary/aromatic N) is 4. The summed E-state index contributed by atoms with van der Waals surface area (Å²) in [6.45, 7) is 5.74. The van der Waals surface area contributed by atoms with E-state index < -0.39 is 0 Å². The summed E-state index contributed by atoms with van der Waals surface area (Å²) in [7, 11) is 0. The second kappa shape index (κ2) is 4.28. The molecule has 1 aromatic rings. The molecule has 0 saturated carbocycles. The van der Waals surface area contributed by atoms with Gasteiger partial charge in [0.15, 0.2) is 0 Å². The molecule has 4 rings (SSSR count). The van der Waals surface area contributed by atoms with Crippen LogP contribution in [-0.4, -0.2) is 52.5 Å². The van der Waals surface area contributed by atoms with Crippen molar-refractivity contribution in [2.45, 2.75) is 11.9 Å². The molecule has 0 aromatic carbocycles. The van der Waals surface area contributed by atoms with Gasteiger partial charge in [0.05, 0.1) is 11.9 Å². The second-order valence-electron chi connectivity index (χ2n) is 4.44. The van der Waals surface area contributed by atoms with Gasteiger partial charge in [0.25, 0.3) is 0 Å². The first-order chi connectivity index (χ1) is 7.86. The summed E-state index contributed by atoms with van der Waals surface area (Å²) in [5.41, 5.74) is 0.988. The molecule has 0 spiro atoms. The fourth-order valence-corrected chi connectivity index (χ4v) is 2.61. The van der Waals surface area contributed by atoms with Gasteiger partial charge < -0.3 is 0 Å². The largest absolute Gasteiger partial charge is 0.299 e. The zero-order valence-corrected chi connectivity index (χ0v) is 9.90. The average Bonchev–Trinajstić information content (AvgIpc) is 2.40. The van der Waals surface area contributed by atoms with E-state index in [-0.39, 0.29) is 0 Å². The molecule has 0 N–H and O–H groups in total. The van der Waals surface area contributed by atoms with Gasteiger partial charge in [0.1, 0.15) is 5.82 Å². The molecule has 5 heteroatoms. The quantitative estimate of drug-likeness (QED) is 0.717. The van der Waals surface area contributed by atoms with Crippen molar-refractivity contribution in [1.29, 1.82) is 0 Å². The van der Waals surface area contributed by atoms with Crippen LogP contribution in [0.2, 0.25) is 0 Å². The highest BCUT2D eigenvalue weighted by Crippen LogP contribution is 2.26. The third-order valence-electron chi connectivity index (χ3n) is 3.46. The van der Waals surface area contributed by atoms with Crippen LogP contribution in [0.15, 0.2) is 12.4 Å². The number of halogens is 1. The summed E-state index contributed by atoms with van der Waals surface area (Å²) in [6.07, 6.45) is 3.68. The number of fused-ring (bicyclic) bond motifs is 3. The van der Waals surface area contributed by atoms with Crippen LogP contribution >= 0.6 is 11.6 Å². The minimum atomic E-state index is 0.381. The van der Waals surface area contributed by atoms with Crippen LogP contribution in [-0.2, 0) is 5.88 Å². The Morgan fingerprint density at radius 1 is 1.19 bits per heavy atom. The molecule has 4 heterocycles. The smallest absolute Gasteiger partial charge is 0.146 e. The van der Waals surface area contributed by atoms with Gasteiger partial charge in [-0.3, -0.25) is 9.80 Å². The lowest BCUT2D eigenvalue weighted by molar-refractivity contribution is 0.00862. The predicted molar refractivity (Wildman–Crippen MR) is 62.3 cm³/mol. The summed E-state index contributed by atoms with van der Waals surface area (Å²) in [5.74, 6) is 1.43. The van der Waals surface area contributed by atoms with Gasteiger partial charge in [-0.2, -0.15) is 0 Å². The third-order valence-corrected chi connectivity index (χ3v) is 3.77. The second-order valence-corrected chi connectivity index (χ2v) is 4.70. The fourth-order valence-electron chi connectivity index (χ4n) is 2.47. The molecule has 3 saturated heterocycles. The Balaban J connectivity index is 1.81. The van der Waals surface area contributed by atoms with E-state index in [4.69, 9.17) is 11.6 Å². The van der Waals surface area contributed by atoms with Crippen molar-refractivity contribution >= 4 is 11.6 Å². The van der Waals surface area contributed by atoms with Crippen molar-refractivity contribution in [3.05, 3.63) is 23.8 Å². The van der Waals surface area contributed by atoms with Crippen molar-refractivity contribution in [3.63, 3.8) is 0 Å². The van der Waals surface area contributed by atoms with Gasteiger partial charge in [-0.25, -0.2) is 9.97 Å². The van der Waals surface area contributed by atoms with Gasteiger partial charge >= 0.3 is 0 Å². The molecule has 1 unspecified atom stereocenters. The van der Waals surface area contributed by atoms with E-state index in [1.54, 1.807) is 0 Å². The summed E-state index contributed by atoms with van der Waals surface area (Å²) in [6, 6.07) is 0.381.